The summed E-state index contributed by atoms with van der Waals surface area (Å²) in [6.45, 7) is 3.94. The van der Waals surface area contributed by atoms with Crippen LogP contribution in [0.2, 0.25) is 5.15 Å². The van der Waals surface area contributed by atoms with Gasteiger partial charge in [-0.25, -0.2) is 18.3 Å². The van der Waals surface area contributed by atoms with Crippen LogP contribution < -0.4 is 10.9 Å². The van der Waals surface area contributed by atoms with E-state index >= 15 is 0 Å². The van der Waals surface area contributed by atoms with Gasteiger partial charge in [0, 0.05) is 34.9 Å². The number of pyridine rings is 1. The predicted octanol–water partition coefficient (Wildman–Crippen LogP) is 4.07. The number of aromatic nitrogens is 5. The Labute approximate surface area is 189 Å². The highest BCUT2D eigenvalue weighted by Crippen LogP contribution is 2.46. The first-order valence-corrected chi connectivity index (χ1v) is 10.4. The standard InChI is InChI=1S/C21H17ClF2N6O3/c1-21(2)7-10(11-8-25-15-6-13(22)29-30(15)17(11)21)19(31)27-14-5-9(18(23)24)16(20(32)28-14)12-3-4-26-33-12/h3-6,8,10,18H,7H2,1-2H3,(H2,27,28,31,32). The van der Waals surface area contributed by atoms with Crippen LogP contribution in [0, 0.1) is 0 Å². The largest absolute Gasteiger partial charge is 0.356 e. The molecule has 33 heavy (non-hydrogen) atoms. The molecule has 0 saturated heterocycles. The molecule has 0 aliphatic heterocycles. The smallest absolute Gasteiger partial charge is 0.264 e. The van der Waals surface area contributed by atoms with Crippen molar-refractivity contribution in [3.8, 4) is 11.3 Å². The number of alkyl halides is 2. The van der Waals surface area contributed by atoms with Gasteiger partial charge < -0.3 is 14.8 Å². The lowest BCUT2D eigenvalue weighted by Gasteiger charge is -2.19. The minimum Gasteiger partial charge on any atom is -0.356 e. The van der Waals surface area contributed by atoms with Gasteiger partial charge in [0.15, 0.2) is 16.6 Å². The second-order valence-corrected chi connectivity index (χ2v) is 8.84. The highest BCUT2D eigenvalue weighted by molar-refractivity contribution is 6.29. The molecular formula is C21H17ClF2N6O3. The predicted molar refractivity (Wildman–Crippen MR) is 115 cm³/mol. The number of carbonyl (C=O) groups excluding carboxylic acids is 1. The summed E-state index contributed by atoms with van der Waals surface area (Å²) in [7, 11) is 0. The third kappa shape index (κ3) is 3.48. The minimum atomic E-state index is -2.98. The summed E-state index contributed by atoms with van der Waals surface area (Å²) in [5.41, 5.74) is -0.182. The molecule has 0 radical (unpaired) electrons. The fourth-order valence-corrected chi connectivity index (χ4v) is 4.61. The molecule has 1 unspecified atom stereocenters. The molecule has 0 fully saturated rings. The van der Waals surface area contributed by atoms with Gasteiger partial charge in [-0.3, -0.25) is 9.59 Å². The highest BCUT2D eigenvalue weighted by atomic mass is 35.5. The number of H-pyrrole nitrogens is 1. The molecule has 9 nitrogen and oxygen atoms in total. The summed E-state index contributed by atoms with van der Waals surface area (Å²) in [6, 6.07) is 3.96. The molecule has 5 rings (SSSR count). The molecular weight excluding hydrogens is 458 g/mol. The maximum Gasteiger partial charge on any atom is 0.264 e. The van der Waals surface area contributed by atoms with E-state index in [9.17, 15) is 18.4 Å². The van der Waals surface area contributed by atoms with Gasteiger partial charge in [0.05, 0.1) is 23.4 Å². The molecule has 0 aromatic carbocycles. The molecule has 4 aromatic heterocycles. The molecule has 2 N–H and O–H groups in total. The van der Waals surface area contributed by atoms with Gasteiger partial charge in [0.2, 0.25) is 5.91 Å². The van der Waals surface area contributed by atoms with Crippen LogP contribution in [0.3, 0.4) is 0 Å². The first-order chi connectivity index (χ1) is 15.7. The normalized spacial score (nSPS) is 17.0. The number of anilines is 1. The van der Waals surface area contributed by atoms with Crippen LogP contribution >= 0.6 is 11.6 Å². The Morgan fingerprint density at radius 3 is 2.88 bits per heavy atom. The lowest BCUT2D eigenvalue weighted by molar-refractivity contribution is -0.117. The Bertz CT molecular complexity index is 1440. The van der Waals surface area contributed by atoms with Gasteiger partial charge >= 0.3 is 0 Å². The lowest BCUT2D eigenvalue weighted by Crippen LogP contribution is -2.24. The number of rotatable bonds is 4. The SMILES string of the molecule is CC1(C)CC(C(=O)Nc2cc(C(F)F)c(-c3ccno3)c(=O)[nH]2)c2cnc3cc(Cl)nn3c21. The number of amides is 1. The van der Waals surface area contributed by atoms with Crippen molar-refractivity contribution in [3.63, 3.8) is 0 Å². The molecule has 1 atom stereocenters. The van der Waals surface area contributed by atoms with Crippen molar-refractivity contribution in [3.05, 3.63) is 62.9 Å². The van der Waals surface area contributed by atoms with Crippen LogP contribution in [0.5, 0.6) is 0 Å². The summed E-state index contributed by atoms with van der Waals surface area (Å²) < 4.78 is 33.9. The molecule has 12 heteroatoms. The van der Waals surface area contributed by atoms with Crippen molar-refractivity contribution in [2.45, 2.75) is 38.0 Å². The van der Waals surface area contributed by atoms with Crippen LogP contribution in [0.1, 0.15) is 49.4 Å². The first kappa shape index (κ1) is 21.3. The molecule has 0 saturated carbocycles. The fourth-order valence-electron chi connectivity index (χ4n) is 4.44. The fraction of sp³-hybridized carbons (Fsp3) is 0.286. The molecule has 4 aromatic rings. The van der Waals surface area contributed by atoms with Gasteiger partial charge in [-0.05, 0) is 12.5 Å². The molecule has 170 valence electrons. The van der Waals surface area contributed by atoms with E-state index in [2.05, 4.69) is 25.5 Å². The number of hydrogen-bond acceptors (Lipinski definition) is 6. The van der Waals surface area contributed by atoms with E-state index in [0.717, 1.165) is 11.8 Å². The summed E-state index contributed by atoms with van der Waals surface area (Å²) in [5, 5.41) is 10.6. The molecule has 0 spiro atoms. The monoisotopic (exact) mass is 474 g/mol. The summed E-state index contributed by atoms with van der Waals surface area (Å²) in [5.74, 6) is -1.35. The zero-order valence-electron chi connectivity index (χ0n) is 17.4. The van der Waals surface area contributed by atoms with E-state index in [1.54, 1.807) is 16.8 Å². The number of carbonyl (C=O) groups is 1. The van der Waals surface area contributed by atoms with Crippen LogP contribution in [-0.4, -0.2) is 30.6 Å². The first-order valence-electron chi connectivity index (χ1n) is 9.97. The van der Waals surface area contributed by atoms with Crippen LogP contribution in [0.25, 0.3) is 17.0 Å². The Morgan fingerprint density at radius 2 is 2.18 bits per heavy atom. The van der Waals surface area contributed by atoms with Gasteiger partial charge in [0.1, 0.15) is 5.82 Å². The number of nitrogens with zero attached hydrogens (tertiary/aromatic N) is 4. The number of fused-ring (bicyclic) bond motifs is 3. The summed E-state index contributed by atoms with van der Waals surface area (Å²) in [6.07, 6.45) is 0.295. The second-order valence-electron chi connectivity index (χ2n) is 8.45. The third-order valence-electron chi connectivity index (χ3n) is 5.77. The van der Waals surface area contributed by atoms with Crippen molar-refractivity contribution in [2.24, 2.45) is 0 Å². The molecule has 1 aliphatic rings. The zero-order valence-corrected chi connectivity index (χ0v) is 18.2. The van der Waals surface area contributed by atoms with Crippen LogP contribution in [-0.2, 0) is 10.2 Å². The summed E-state index contributed by atoms with van der Waals surface area (Å²) in [4.78, 5) is 32.5. The molecule has 4 heterocycles. The molecule has 1 amide bonds. The Balaban J connectivity index is 1.51. The van der Waals surface area contributed by atoms with E-state index in [4.69, 9.17) is 16.1 Å². The van der Waals surface area contributed by atoms with Gasteiger partial charge in [-0.2, -0.15) is 5.10 Å². The lowest BCUT2D eigenvalue weighted by atomic mass is 9.88. The third-order valence-corrected chi connectivity index (χ3v) is 5.95. The number of aromatic amines is 1. The Kier molecular flexibility index (Phi) is 4.82. The zero-order chi connectivity index (χ0) is 23.5. The Morgan fingerprint density at radius 1 is 1.39 bits per heavy atom. The van der Waals surface area contributed by atoms with Crippen molar-refractivity contribution in [2.75, 3.05) is 5.32 Å². The average molecular weight is 475 g/mol. The van der Waals surface area contributed by atoms with E-state index < -0.39 is 34.8 Å². The highest BCUT2D eigenvalue weighted by Gasteiger charge is 2.43. The maximum atomic E-state index is 13.7. The topological polar surface area (TPSA) is 118 Å². The second kappa shape index (κ2) is 7.48. The quantitative estimate of drug-likeness (QED) is 0.460. The Hall–Kier alpha value is -3.60. The van der Waals surface area contributed by atoms with Crippen LogP contribution in [0.15, 0.2) is 39.9 Å². The molecule has 0 bridgehead atoms. The average Bonchev–Trinajstić information content (AvgIpc) is 3.44. The van der Waals surface area contributed by atoms with Crippen molar-refractivity contribution >= 4 is 29.0 Å². The van der Waals surface area contributed by atoms with Crippen LogP contribution in [0.4, 0.5) is 14.6 Å². The number of nitrogens with one attached hydrogen (secondary N) is 2. The van der Waals surface area contributed by atoms with E-state index in [0.29, 0.717) is 17.6 Å². The van der Waals surface area contributed by atoms with Crippen molar-refractivity contribution in [1.29, 1.82) is 0 Å². The van der Waals surface area contributed by atoms with Crippen molar-refractivity contribution < 1.29 is 18.1 Å². The van der Waals surface area contributed by atoms with E-state index in [1.165, 1.54) is 12.3 Å². The van der Waals surface area contributed by atoms with Gasteiger partial charge in [0.25, 0.3) is 12.0 Å². The van der Waals surface area contributed by atoms with E-state index in [1.807, 2.05) is 13.8 Å². The van der Waals surface area contributed by atoms with Gasteiger partial charge in [-0.15, -0.1) is 0 Å². The summed E-state index contributed by atoms with van der Waals surface area (Å²) >= 11 is 6.03. The van der Waals surface area contributed by atoms with E-state index in [-0.39, 0.29) is 22.3 Å². The van der Waals surface area contributed by atoms with Gasteiger partial charge in [-0.1, -0.05) is 30.6 Å². The van der Waals surface area contributed by atoms with Crippen molar-refractivity contribution in [1.82, 2.24) is 24.7 Å². The number of hydrogen-bond donors (Lipinski definition) is 2. The minimum absolute atomic E-state index is 0.0936. The maximum absolute atomic E-state index is 13.7. The number of halogens is 3. The molecule has 1 aliphatic carbocycles.